The van der Waals surface area contributed by atoms with Gasteiger partial charge in [0.1, 0.15) is 5.70 Å². The van der Waals surface area contributed by atoms with E-state index in [4.69, 9.17) is 21.0 Å². The number of amides is 1. The molecule has 0 spiro atoms. The number of halogens is 1. The summed E-state index contributed by atoms with van der Waals surface area (Å²) in [5, 5.41) is 9.52. The average molecular weight is 529 g/mol. The molecule has 3 aromatic carbocycles. The second kappa shape index (κ2) is 10.7. The lowest BCUT2D eigenvalue weighted by Crippen LogP contribution is -2.30. The molecule has 2 heterocycles. The van der Waals surface area contributed by atoms with Crippen molar-refractivity contribution in [3.63, 3.8) is 0 Å². The number of carbonyl (C=O) groups excluding carboxylic acids is 1. The Hall–Kier alpha value is -3.68. The molecule has 37 heavy (non-hydrogen) atoms. The highest BCUT2D eigenvalue weighted by atomic mass is 35.5. The molecule has 0 bridgehead atoms. The number of aromatic nitrogens is 2. The van der Waals surface area contributed by atoms with Crippen molar-refractivity contribution in [2.24, 2.45) is 4.99 Å². The van der Waals surface area contributed by atoms with Gasteiger partial charge < -0.3 is 4.42 Å². The van der Waals surface area contributed by atoms with Crippen molar-refractivity contribution < 1.29 is 9.21 Å². The molecule has 0 saturated heterocycles. The number of benzene rings is 3. The molecule has 8 heteroatoms. The Labute approximate surface area is 225 Å². The third-order valence-electron chi connectivity index (χ3n) is 5.91. The molecule has 186 valence electrons. The molecule has 0 unspecified atom stereocenters. The van der Waals surface area contributed by atoms with Gasteiger partial charge in [0.25, 0.3) is 5.91 Å². The first-order valence-corrected chi connectivity index (χ1v) is 13.3. The lowest BCUT2D eigenvalue weighted by Gasteiger charge is -2.17. The molecular formula is C29H25ClN4O2S. The molecule has 0 radical (unpaired) electrons. The van der Waals surface area contributed by atoms with E-state index in [1.54, 1.807) is 17.0 Å². The number of hydrogen-bond donors (Lipinski definition) is 0. The normalized spacial score (nSPS) is 14.6. The molecule has 0 atom stereocenters. The number of carbonyl (C=O) groups is 1. The summed E-state index contributed by atoms with van der Waals surface area (Å²) < 4.78 is 5.85. The van der Waals surface area contributed by atoms with Crippen LogP contribution in [0.3, 0.4) is 0 Å². The van der Waals surface area contributed by atoms with Gasteiger partial charge in [0.15, 0.2) is 5.17 Å². The number of nitrogens with zero attached hydrogens (tertiary/aromatic N) is 4. The van der Waals surface area contributed by atoms with E-state index < -0.39 is 0 Å². The Morgan fingerprint density at radius 2 is 1.68 bits per heavy atom. The number of rotatable bonds is 6. The monoisotopic (exact) mass is 528 g/mol. The standard InChI is InChI=1S/C29H25ClN4O2S/c1-18(2)21-8-6-20(7-9-21)16-25-28(35)34(24-14-4-19(3)5-15-24)29(31-25)37-17-26-32-33-27(36-26)22-10-12-23(30)13-11-22/h4-16,18H,17H2,1-3H3/b25-16-. The predicted molar refractivity (Wildman–Crippen MR) is 151 cm³/mol. The van der Waals surface area contributed by atoms with Crippen LogP contribution in [0.4, 0.5) is 5.69 Å². The van der Waals surface area contributed by atoms with Gasteiger partial charge in [0.05, 0.1) is 11.4 Å². The number of anilines is 1. The van der Waals surface area contributed by atoms with Gasteiger partial charge in [-0.1, -0.05) is 79.2 Å². The quantitative estimate of drug-likeness (QED) is 0.242. The Balaban J connectivity index is 1.40. The maximum Gasteiger partial charge on any atom is 0.283 e. The molecule has 0 saturated carbocycles. The van der Waals surface area contributed by atoms with Crippen LogP contribution in [0.1, 0.15) is 42.3 Å². The van der Waals surface area contributed by atoms with Crippen molar-refractivity contribution in [1.29, 1.82) is 0 Å². The zero-order valence-corrected chi connectivity index (χ0v) is 22.3. The lowest BCUT2D eigenvalue weighted by atomic mass is 10.0. The maximum absolute atomic E-state index is 13.5. The molecule has 1 aliphatic rings. The van der Waals surface area contributed by atoms with Crippen LogP contribution in [0, 0.1) is 6.92 Å². The molecule has 0 aliphatic carbocycles. The van der Waals surface area contributed by atoms with E-state index in [9.17, 15) is 4.79 Å². The Morgan fingerprint density at radius 3 is 2.35 bits per heavy atom. The molecule has 1 amide bonds. The van der Waals surface area contributed by atoms with Gasteiger partial charge in [-0.3, -0.25) is 9.69 Å². The minimum atomic E-state index is -0.174. The summed E-state index contributed by atoms with van der Waals surface area (Å²) >= 11 is 7.35. The van der Waals surface area contributed by atoms with Crippen molar-refractivity contribution in [1.82, 2.24) is 10.2 Å². The summed E-state index contributed by atoms with van der Waals surface area (Å²) in [7, 11) is 0. The van der Waals surface area contributed by atoms with Crippen LogP contribution in [-0.2, 0) is 10.5 Å². The molecule has 4 aromatic rings. The number of amidine groups is 1. The summed E-state index contributed by atoms with van der Waals surface area (Å²) in [6.07, 6.45) is 1.83. The second-order valence-corrected chi connectivity index (χ2v) is 10.4. The summed E-state index contributed by atoms with van der Waals surface area (Å²) in [6, 6.07) is 23.2. The van der Waals surface area contributed by atoms with Gasteiger partial charge in [-0.15, -0.1) is 10.2 Å². The van der Waals surface area contributed by atoms with Crippen LogP contribution in [0.25, 0.3) is 17.5 Å². The van der Waals surface area contributed by atoms with E-state index in [2.05, 4.69) is 36.2 Å². The predicted octanol–water partition coefficient (Wildman–Crippen LogP) is 7.50. The highest BCUT2D eigenvalue weighted by molar-refractivity contribution is 8.13. The van der Waals surface area contributed by atoms with Gasteiger partial charge in [-0.05, 0) is 66.4 Å². The number of thioether (sulfide) groups is 1. The molecule has 6 nitrogen and oxygen atoms in total. The molecule has 0 N–H and O–H groups in total. The fourth-order valence-corrected chi connectivity index (χ4v) is 4.77. The first kappa shape index (κ1) is 25.0. The van der Waals surface area contributed by atoms with E-state index >= 15 is 0 Å². The number of aliphatic imine (C=N–C) groups is 1. The van der Waals surface area contributed by atoms with Gasteiger partial charge in [0.2, 0.25) is 11.8 Å². The van der Waals surface area contributed by atoms with E-state index in [1.165, 1.54) is 17.3 Å². The fourth-order valence-electron chi connectivity index (χ4n) is 3.80. The van der Waals surface area contributed by atoms with Crippen LogP contribution in [0.2, 0.25) is 5.02 Å². The SMILES string of the molecule is Cc1ccc(N2C(=O)/C(=C/c3ccc(C(C)C)cc3)N=C2SCc2nnc(-c3ccc(Cl)cc3)o2)cc1. The van der Waals surface area contributed by atoms with Gasteiger partial charge in [-0.2, -0.15) is 0 Å². The topological polar surface area (TPSA) is 71.6 Å². The summed E-state index contributed by atoms with van der Waals surface area (Å²) in [4.78, 5) is 19.8. The molecule has 5 rings (SSSR count). The van der Waals surface area contributed by atoms with Crippen molar-refractivity contribution in [2.75, 3.05) is 4.90 Å². The van der Waals surface area contributed by atoms with Gasteiger partial charge in [-0.25, -0.2) is 4.99 Å². The zero-order valence-electron chi connectivity index (χ0n) is 20.7. The Kier molecular flexibility index (Phi) is 7.26. The van der Waals surface area contributed by atoms with E-state index in [1.807, 2.05) is 61.5 Å². The van der Waals surface area contributed by atoms with Crippen LogP contribution in [0.15, 0.2) is 87.9 Å². The molecular weight excluding hydrogens is 504 g/mol. The van der Waals surface area contributed by atoms with Crippen molar-refractivity contribution >= 4 is 46.2 Å². The largest absolute Gasteiger partial charge is 0.420 e. The second-order valence-electron chi connectivity index (χ2n) is 9.02. The summed E-state index contributed by atoms with van der Waals surface area (Å²) in [5.41, 5.74) is 5.22. The first-order chi connectivity index (χ1) is 17.9. The van der Waals surface area contributed by atoms with Gasteiger partial charge >= 0.3 is 0 Å². The number of aryl methyl sites for hydroxylation is 1. The summed E-state index contributed by atoms with van der Waals surface area (Å²) in [5.74, 6) is 1.49. The Bertz CT molecular complexity index is 1470. The van der Waals surface area contributed by atoms with Crippen LogP contribution in [0.5, 0.6) is 0 Å². The molecule has 0 fully saturated rings. The van der Waals surface area contributed by atoms with Crippen molar-refractivity contribution in [2.45, 2.75) is 32.4 Å². The zero-order chi connectivity index (χ0) is 25.9. The molecule has 1 aliphatic heterocycles. The highest BCUT2D eigenvalue weighted by Crippen LogP contribution is 2.31. The maximum atomic E-state index is 13.5. The summed E-state index contributed by atoms with van der Waals surface area (Å²) in [6.45, 7) is 6.32. The van der Waals surface area contributed by atoms with Crippen molar-refractivity contribution in [3.05, 3.63) is 106 Å². The third-order valence-corrected chi connectivity index (χ3v) is 7.09. The fraction of sp³-hybridized carbons (Fsp3) is 0.172. The van der Waals surface area contributed by atoms with Crippen LogP contribution < -0.4 is 4.90 Å². The minimum absolute atomic E-state index is 0.174. The van der Waals surface area contributed by atoms with Crippen LogP contribution in [-0.4, -0.2) is 21.3 Å². The molecule has 1 aromatic heterocycles. The van der Waals surface area contributed by atoms with E-state index in [-0.39, 0.29) is 5.91 Å². The smallest absolute Gasteiger partial charge is 0.283 e. The Morgan fingerprint density at radius 1 is 0.973 bits per heavy atom. The first-order valence-electron chi connectivity index (χ1n) is 11.9. The highest BCUT2D eigenvalue weighted by Gasteiger charge is 2.32. The average Bonchev–Trinajstić information content (AvgIpc) is 3.49. The lowest BCUT2D eigenvalue weighted by molar-refractivity contribution is -0.113. The third kappa shape index (κ3) is 5.68. The number of hydrogen-bond acceptors (Lipinski definition) is 6. The van der Waals surface area contributed by atoms with Gasteiger partial charge in [0, 0.05) is 10.6 Å². The minimum Gasteiger partial charge on any atom is -0.420 e. The van der Waals surface area contributed by atoms with Crippen LogP contribution >= 0.6 is 23.4 Å². The van der Waals surface area contributed by atoms with Crippen molar-refractivity contribution in [3.8, 4) is 11.5 Å². The van der Waals surface area contributed by atoms with E-state index in [0.29, 0.717) is 39.3 Å². The van der Waals surface area contributed by atoms with E-state index in [0.717, 1.165) is 22.4 Å².